The van der Waals surface area contributed by atoms with Gasteiger partial charge in [-0.2, -0.15) is 5.26 Å². The first-order chi connectivity index (χ1) is 17.5. The van der Waals surface area contributed by atoms with Crippen molar-refractivity contribution in [3.8, 4) is 22.9 Å². The first-order valence-electron chi connectivity index (χ1n) is 11.1. The Morgan fingerprint density at radius 3 is 2.46 bits per heavy atom. The van der Waals surface area contributed by atoms with Crippen molar-refractivity contribution in [2.24, 2.45) is 10.7 Å². The molecule has 3 aromatic carbocycles. The molecule has 2 amide bonds. The van der Waals surface area contributed by atoms with Crippen LogP contribution in [0.1, 0.15) is 42.3 Å². The number of nitriles is 1. The summed E-state index contributed by atoms with van der Waals surface area (Å²) in [6.07, 6.45) is -1.01. The summed E-state index contributed by atoms with van der Waals surface area (Å²) in [5, 5.41) is 11.8. The molecule has 37 heavy (non-hydrogen) atoms. The van der Waals surface area contributed by atoms with Crippen LogP contribution in [0.5, 0.6) is 5.75 Å². The Hall–Kier alpha value is -4.42. The van der Waals surface area contributed by atoms with Crippen LogP contribution in [0.25, 0.3) is 11.1 Å². The summed E-state index contributed by atoms with van der Waals surface area (Å²) in [6, 6.07) is 18.1. The Morgan fingerprint density at radius 2 is 1.81 bits per heavy atom. The maximum Gasteiger partial charge on any atom is 0.437 e. The van der Waals surface area contributed by atoms with E-state index in [1.807, 2.05) is 36.4 Å². The number of guanidine groups is 1. The molecule has 0 radical (unpaired) electrons. The molecular weight excluding hydrogens is 499 g/mol. The molecule has 0 spiro atoms. The lowest BCUT2D eigenvalue weighted by atomic mass is 9.93. The molecule has 0 saturated heterocycles. The van der Waals surface area contributed by atoms with Gasteiger partial charge in [0.1, 0.15) is 23.8 Å². The molecule has 0 aliphatic carbocycles. The van der Waals surface area contributed by atoms with Crippen LogP contribution in [0, 0.1) is 17.1 Å². The molecule has 0 unspecified atom stereocenters. The van der Waals surface area contributed by atoms with E-state index in [1.54, 1.807) is 20.8 Å². The Morgan fingerprint density at radius 1 is 1.11 bits per heavy atom. The predicted octanol–water partition coefficient (Wildman–Crippen LogP) is 5.58. The number of aliphatic imine (C=N–C) groups is 1. The average molecular weight is 523 g/mol. The van der Waals surface area contributed by atoms with Crippen LogP contribution in [-0.4, -0.2) is 23.6 Å². The van der Waals surface area contributed by atoms with E-state index in [2.05, 4.69) is 10.3 Å². The van der Waals surface area contributed by atoms with E-state index in [1.165, 1.54) is 24.3 Å². The summed E-state index contributed by atoms with van der Waals surface area (Å²) in [7, 11) is 0. The van der Waals surface area contributed by atoms with E-state index >= 15 is 0 Å². The second kappa shape index (κ2) is 11.5. The third kappa shape index (κ3) is 7.06. The van der Waals surface area contributed by atoms with Crippen molar-refractivity contribution < 1.29 is 23.5 Å². The number of nitrogens with one attached hydrogen (secondary N) is 1. The number of hydrogen-bond donors (Lipinski definition) is 2. The Kier molecular flexibility index (Phi) is 8.48. The van der Waals surface area contributed by atoms with Gasteiger partial charge in [0.15, 0.2) is 0 Å². The minimum atomic E-state index is -1.01. The molecule has 10 heteroatoms. The molecule has 3 rings (SSSR count). The molecule has 0 saturated carbocycles. The molecule has 0 aliphatic rings. The number of carbonyl (C=O) groups is 2. The zero-order valence-corrected chi connectivity index (χ0v) is 21.1. The number of halogens is 2. The van der Waals surface area contributed by atoms with Gasteiger partial charge in [0.05, 0.1) is 22.2 Å². The highest BCUT2D eigenvalue weighted by atomic mass is 35.5. The van der Waals surface area contributed by atoms with Gasteiger partial charge >= 0.3 is 6.09 Å². The van der Waals surface area contributed by atoms with Crippen molar-refractivity contribution in [2.45, 2.75) is 33.0 Å². The number of nitrogens with two attached hydrogens (primary N) is 1. The van der Waals surface area contributed by atoms with E-state index in [0.29, 0.717) is 0 Å². The van der Waals surface area contributed by atoms with Gasteiger partial charge in [-0.05, 0) is 44.5 Å². The molecule has 0 fully saturated rings. The molecule has 0 aromatic heterocycles. The van der Waals surface area contributed by atoms with E-state index in [0.717, 1.165) is 11.6 Å². The summed E-state index contributed by atoms with van der Waals surface area (Å²) in [5.41, 5.74) is 5.78. The van der Waals surface area contributed by atoms with Crippen molar-refractivity contribution in [2.75, 3.05) is 0 Å². The maximum atomic E-state index is 14.4. The van der Waals surface area contributed by atoms with Crippen LogP contribution in [-0.2, 0) is 11.3 Å². The Labute approximate surface area is 218 Å². The van der Waals surface area contributed by atoms with Gasteiger partial charge in [0.2, 0.25) is 5.96 Å². The van der Waals surface area contributed by atoms with Gasteiger partial charge in [0.25, 0.3) is 5.91 Å². The van der Waals surface area contributed by atoms with E-state index < -0.39 is 29.4 Å². The second-order valence-electron chi connectivity index (χ2n) is 8.78. The lowest BCUT2D eigenvalue weighted by Gasteiger charge is -2.19. The predicted molar refractivity (Wildman–Crippen MR) is 138 cm³/mol. The van der Waals surface area contributed by atoms with Crippen LogP contribution in [0.4, 0.5) is 9.18 Å². The summed E-state index contributed by atoms with van der Waals surface area (Å²) in [4.78, 5) is 29.0. The van der Waals surface area contributed by atoms with Crippen LogP contribution in [0.3, 0.4) is 0 Å². The number of nitrogens with zero attached hydrogens (tertiary/aromatic N) is 2. The van der Waals surface area contributed by atoms with E-state index in [4.69, 9.17) is 26.8 Å². The van der Waals surface area contributed by atoms with Crippen molar-refractivity contribution in [3.63, 3.8) is 0 Å². The first kappa shape index (κ1) is 27.2. The molecule has 3 aromatic rings. The Balaban J connectivity index is 2.10. The van der Waals surface area contributed by atoms with Crippen molar-refractivity contribution in [1.29, 1.82) is 5.26 Å². The SMILES string of the molecule is CC(C)(C)OC(=O)/N=C(\N)NC(=O)c1c(OCc2ccccc2)ccc(C#N)c1-c1cccc(F)c1Cl. The summed E-state index contributed by atoms with van der Waals surface area (Å²) in [6.45, 7) is 5.03. The van der Waals surface area contributed by atoms with Crippen molar-refractivity contribution in [3.05, 3.63) is 88.2 Å². The molecule has 0 bridgehead atoms. The minimum Gasteiger partial charge on any atom is -0.488 e. The number of hydrogen-bond acceptors (Lipinski definition) is 5. The third-order valence-electron chi connectivity index (χ3n) is 4.82. The smallest absolute Gasteiger partial charge is 0.437 e. The lowest BCUT2D eigenvalue weighted by Crippen LogP contribution is -2.38. The summed E-state index contributed by atoms with van der Waals surface area (Å²) < 4.78 is 25.4. The van der Waals surface area contributed by atoms with Gasteiger partial charge in [-0.1, -0.05) is 54.1 Å². The molecule has 190 valence electrons. The van der Waals surface area contributed by atoms with Gasteiger partial charge in [-0.3, -0.25) is 10.1 Å². The van der Waals surface area contributed by atoms with Gasteiger partial charge in [0, 0.05) is 11.1 Å². The second-order valence-corrected chi connectivity index (χ2v) is 9.16. The first-order valence-corrected chi connectivity index (χ1v) is 11.4. The maximum absolute atomic E-state index is 14.4. The van der Waals surface area contributed by atoms with Crippen LogP contribution >= 0.6 is 11.6 Å². The molecular formula is C27H24ClFN4O4. The Bertz CT molecular complexity index is 1400. The zero-order valence-electron chi connectivity index (χ0n) is 20.3. The van der Waals surface area contributed by atoms with Gasteiger partial charge in [-0.15, -0.1) is 4.99 Å². The highest BCUT2D eigenvalue weighted by molar-refractivity contribution is 6.34. The molecule has 0 aliphatic heterocycles. The topological polar surface area (TPSA) is 127 Å². The fourth-order valence-electron chi connectivity index (χ4n) is 3.32. The largest absolute Gasteiger partial charge is 0.488 e. The quantitative estimate of drug-likeness (QED) is 0.333. The monoisotopic (exact) mass is 522 g/mol. The van der Waals surface area contributed by atoms with Crippen molar-refractivity contribution in [1.82, 2.24) is 5.32 Å². The van der Waals surface area contributed by atoms with Crippen LogP contribution in [0.2, 0.25) is 5.02 Å². The number of ether oxygens (including phenoxy) is 2. The minimum absolute atomic E-state index is 0.0279. The van der Waals surface area contributed by atoms with E-state index in [9.17, 15) is 19.2 Å². The number of rotatable bonds is 5. The van der Waals surface area contributed by atoms with Gasteiger partial charge in [-0.25, -0.2) is 9.18 Å². The van der Waals surface area contributed by atoms with Crippen LogP contribution in [0.15, 0.2) is 65.7 Å². The number of carbonyl (C=O) groups excluding carboxylic acids is 2. The zero-order chi connectivity index (χ0) is 27.2. The number of benzene rings is 3. The third-order valence-corrected chi connectivity index (χ3v) is 5.20. The highest BCUT2D eigenvalue weighted by Crippen LogP contribution is 2.39. The molecule has 3 N–H and O–H groups in total. The summed E-state index contributed by atoms with van der Waals surface area (Å²) >= 11 is 6.23. The fourth-order valence-corrected chi connectivity index (χ4v) is 3.54. The standard InChI is InChI=1S/C27H24ClFN4O4/c1-27(2,3)37-26(35)33-25(31)32-24(34)22-20(36-15-16-8-5-4-6-9-16)13-12-17(14-30)21(22)18-10-7-11-19(29)23(18)28/h4-13H,15H2,1-3H3,(H3,31,32,33,34,35). The molecule has 0 atom stereocenters. The normalized spacial score (nSPS) is 11.4. The lowest BCUT2D eigenvalue weighted by molar-refractivity contribution is 0.0604. The summed E-state index contributed by atoms with van der Waals surface area (Å²) in [5.74, 6) is -2.08. The number of amides is 2. The average Bonchev–Trinajstić information content (AvgIpc) is 2.83. The van der Waals surface area contributed by atoms with Gasteiger partial charge < -0.3 is 15.2 Å². The molecule has 8 nitrogen and oxygen atoms in total. The van der Waals surface area contributed by atoms with Crippen LogP contribution < -0.4 is 15.8 Å². The molecule has 0 heterocycles. The van der Waals surface area contributed by atoms with E-state index in [-0.39, 0.29) is 39.6 Å². The highest BCUT2D eigenvalue weighted by Gasteiger charge is 2.26. The fraction of sp³-hybridized carbons (Fsp3) is 0.185. The van der Waals surface area contributed by atoms with Crippen molar-refractivity contribution >= 4 is 29.6 Å².